The Bertz CT molecular complexity index is 506. The van der Waals surface area contributed by atoms with Crippen molar-refractivity contribution >= 4 is 27.3 Å². The van der Waals surface area contributed by atoms with Gasteiger partial charge in [-0.15, -0.1) is 0 Å². The first kappa shape index (κ1) is 11.4. The van der Waals surface area contributed by atoms with Gasteiger partial charge in [0.15, 0.2) is 0 Å². The topological polar surface area (TPSA) is 55.3 Å². The Labute approximate surface area is 103 Å². The molecule has 0 aromatic carbocycles. The second-order valence-electron chi connectivity index (χ2n) is 3.88. The second kappa shape index (κ2) is 4.43. The fourth-order valence-corrected chi connectivity index (χ4v) is 2.22. The zero-order chi connectivity index (χ0) is 11.7. The van der Waals surface area contributed by atoms with Crippen LogP contribution in [0.5, 0.6) is 0 Å². The molecule has 1 atom stereocenters. The monoisotopic (exact) mass is 282 g/mol. The van der Waals surface area contributed by atoms with E-state index in [0.29, 0.717) is 11.9 Å². The van der Waals surface area contributed by atoms with Gasteiger partial charge >= 0.3 is 0 Å². The Morgan fingerprint density at radius 1 is 1.56 bits per heavy atom. The van der Waals surface area contributed by atoms with Crippen LogP contribution in [0.1, 0.15) is 12.7 Å². The number of hydrogen-bond acceptors (Lipinski definition) is 3. The normalized spacial score (nSPS) is 13.2. The van der Waals surface area contributed by atoms with Crippen molar-refractivity contribution in [2.24, 2.45) is 0 Å². The highest BCUT2D eigenvalue weighted by Crippen LogP contribution is 2.22. The molecule has 2 heterocycles. The van der Waals surface area contributed by atoms with Gasteiger partial charge in [-0.25, -0.2) is 4.98 Å². The van der Waals surface area contributed by atoms with Crippen molar-refractivity contribution in [3.63, 3.8) is 0 Å². The molecule has 3 N–H and O–H groups in total. The molecular weight excluding hydrogens is 268 g/mol. The third-order valence-electron chi connectivity index (χ3n) is 2.70. The molecule has 0 bridgehead atoms. The molecular formula is C11H15BrN4. The Morgan fingerprint density at radius 3 is 3.00 bits per heavy atom. The summed E-state index contributed by atoms with van der Waals surface area (Å²) in [5.74, 6) is 1.69. The second-order valence-corrected chi connectivity index (χ2v) is 4.64. The van der Waals surface area contributed by atoms with Crippen LogP contribution in [0, 0.1) is 0 Å². The van der Waals surface area contributed by atoms with Crippen LogP contribution < -0.4 is 11.1 Å². The fraction of sp³-hybridized carbons (Fsp3) is 0.364. The van der Waals surface area contributed by atoms with Crippen LogP contribution >= 0.6 is 15.9 Å². The Balaban J connectivity index is 2.53. The number of imidazole rings is 1. The molecule has 4 nitrogen and oxygen atoms in total. The van der Waals surface area contributed by atoms with Crippen LogP contribution in [0.4, 0.5) is 5.82 Å². The predicted molar refractivity (Wildman–Crippen MR) is 69.5 cm³/mol. The van der Waals surface area contributed by atoms with Gasteiger partial charge in [0.2, 0.25) is 0 Å². The molecule has 16 heavy (non-hydrogen) atoms. The average molecular weight is 283 g/mol. The van der Waals surface area contributed by atoms with E-state index in [1.165, 1.54) is 0 Å². The highest BCUT2D eigenvalue weighted by atomic mass is 79.9. The van der Waals surface area contributed by atoms with Gasteiger partial charge in [-0.2, -0.15) is 0 Å². The van der Waals surface area contributed by atoms with Gasteiger partial charge in [-0.05, 0) is 42.0 Å². The third-order valence-corrected chi connectivity index (χ3v) is 3.28. The number of fused-ring (bicyclic) bond motifs is 1. The van der Waals surface area contributed by atoms with Gasteiger partial charge in [-0.3, -0.25) is 4.40 Å². The van der Waals surface area contributed by atoms with Crippen LogP contribution in [0.3, 0.4) is 0 Å². The molecule has 0 spiro atoms. The number of nitrogens with one attached hydrogen (secondary N) is 1. The summed E-state index contributed by atoms with van der Waals surface area (Å²) in [7, 11) is 1.94. The van der Waals surface area contributed by atoms with Crippen molar-refractivity contribution in [1.82, 2.24) is 14.7 Å². The van der Waals surface area contributed by atoms with Crippen molar-refractivity contribution in [1.29, 1.82) is 0 Å². The highest BCUT2D eigenvalue weighted by Gasteiger charge is 2.12. The molecule has 0 radical (unpaired) electrons. The van der Waals surface area contributed by atoms with Crippen molar-refractivity contribution < 1.29 is 0 Å². The Kier molecular flexibility index (Phi) is 3.16. The van der Waals surface area contributed by atoms with E-state index in [1.54, 1.807) is 0 Å². The number of aromatic nitrogens is 2. The van der Waals surface area contributed by atoms with Crippen LogP contribution in [0.2, 0.25) is 0 Å². The molecule has 1 unspecified atom stereocenters. The standard InChI is InChI=1S/C11H15BrN4/c1-7(14-2)6-10-15-11(12)8-4-3-5-9(13)16(8)10/h3-5,7,14H,6,13H2,1-2H3. The van der Waals surface area contributed by atoms with Crippen molar-refractivity contribution in [3.8, 4) is 0 Å². The lowest BCUT2D eigenvalue weighted by Gasteiger charge is -2.09. The number of anilines is 1. The number of hydrogen-bond donors (Lipinski definition) is 2. The summed E-state index contributed by atoms with van der Waals surface area (Å²) in [6, 6.07) is 6.19. The number of rotatable bonds is 3. The molecule has 86 valence electrons. The number of pyridine rings is 1. The minimum absolute atomic E-state index is 0.372. The van der Waals surface area contributed by atoms with Gasteiger partial charge in [0.25, 0.3) is 0 Å². The van der Waals surface area contributed by atoms with Crippen molar-refractivity contribution in [2.45, 2.75) is 19.4 Å². The minimum atomic E-state index is 0.372. The summed E-state index contributed by atoms with van der Waals surface area (Å²) in [6.07, 6.45) is 0.845. The maximum absolute atomic E-state index is 5.97. The van der Waals surface area contributed by atoms with E-state index < -0.39 is 0 Å². The van der Waals surface area contributed by atoms with E-state index >= 15 is 0 Å². The van der Waals surface area contributed by atoms with E-state index in [4.69, 9.17) is 5.73 Å². The lowest BCUT2D eigenvalue weighted by atomic mass is 10.2. The first-order valence-electron chi connectivity index (χ1n) is 5.22. The molecule has 0 aliphatic rings. The van der Waals surface area contributed by atoms with Gasteiger partial charge in [0.1, 0.15) is 16.2 Å². The van der Waals surface area contributed by atoms with Gasteiger partial charge in [0, 0.05) is 12.5 Å². The molecule has 2 aromatic heterocycles. The van der Waals surface area contributed by atoms with E-state index in [-0.39, 0.29) is 0 Å². The quantitative estimate of drug-likeness (QED) is 0.903. The van der Waals surface area contributed by atoms with Gasteiger partial charge in [-0.1, -0.05) is 6.07 Å². The van der Waals surface area contributed by atoms with E-state index in [1.807, 2.05) is 29.6 Å². The molecule has 0 fully saturated rings. The van der Waals surface area contributed by atoms with Crippen LogP contribution in [-0.2, 0) is 6.42 Å². The Hall–Kier alpha value is -1.07. The SMILES string of the molecule is CNC(C)Cc1nc(Br)c2cccc(N)n12. The predicted octanol–water partition coefficient (Wildman–Crippen LogP) is 1.83. The smallest absolute Gasteiger partial charge is 0.132 e. The number of nitrogens with zero attached hydrogens (tertiary/aromatic N) is 2. The van der Waals surface area contributed by atoms with Crippen LogP contribution in [-0.4, -0.2) is 22.5 Å². The van der Waals surface area contributed by atoms with Crippen molar-refractivity contribution in [2.75, 3.05) is 12.8 Å². The van der Waals surface area contributed by atoms with Crippen LogP contribution in [0.25, 0.3) is 5.52 Å². The van der Waals surface area contributed by atoms with E-state index in [0.717, 1.165) is 22.4 Å². The first-order valence-corrected chi connectivity index (χ1v) is 6.01. The molecule has 0 saturated heterocycles. The number of nitrogen functional groups attached to an aromatic ring is 1. The zero-order valence-electron chi connectivity index (χ0n) is 9.37. The zero-order valence-corrected chi connectivity index (χ0v) is 11.0. The molecule has 5 heteroatoms. The maximum atomic E-state index is 5.97. The summed E-state index contributed by atoms with van der Waals surface area (Å²) < 4.78 is 2.83. The molecule has 0 amide bonds. The average Bonchev–Trinajstić information content (AvgIpc) is 2.57. The van der Waals surface area contributed by atoms with Gasteiger partial charge < -0.3 is 11.1 Å². The van der Waals surface area contributed by atoms with E-state index in [2.05, 4.69) is 33.2 Å². The number of halogens is 1. The molecule has 2 rings (SSSR count). The third kappa shape index (κ3) is 1.92. The first-order chi connectivity index (χ1) is 7.63. The number of nitrogens with two attached hydrogens (primary N) is 1. The molecule has 2 aromatic rings. The Morgan fingerprint density at radius 2 is 2.31 bits per heavy atom. The maximum Gasteiger partial charge on any atom is 0.132 e. The summed E-state index contributed by atoms with van der Waals surface area (Å²) in [4.78, 5) is 4.50. The highest BCUT2D eigenvalue weighted by molar-refractivity contribution is 9.10. The molecule has 0 aliphatic carbocycles. The van der Waals surface area contributed by atoms with Gasteiger partial charge in [0.05, 0.1) is 5.52 Å². The summed E-state index contributed by atoms with van der Waals surface area (Å²) in [5, 5.41) is 3.20. The summed E-state index contributed by atoms with van der Waals surface area (Å²) in [6.45, 7) is 2.12. The number of likely N-dealkylation sites (N-methyl/N-ethyl adjacent to an activating group) is 1. The fourth-order valence-electron chi connectivity index (χ4n) is 1.71. The molecule has 0 aliphatic heterocycles. The minimum Gasteiger partial charge on any atom is -0.385 e. The summed E-state index contributed by atoms with van der Waals surface area (Å²) >= 11 is 3.46. The largest absolute Gasteiger partial charge is 0.385 e. The van der Waals surface area contributed by atoms with Crippen molar-refractivity contribution in [3.05, 3.63) is 28.6 Å². The van der Waals surface area contributed by atoms with E-state index in [9.17, 15) is 0 Å². The van der Waals surface area contributed by atoms with Crippen LogP contribution in [0.15, 0.2) is 22.8 Å². The lowest BCUT2D eigenvalue weighted by molar-refractivity contribution is 0.590. The lowest BCUT2D eigenvalue weighted by Crippen LogP contribution is -2.24. The summed E-state index contributed by atoms with van der Waals surface area (Å²) in [5.41, 5.74) is 6.98. The molecule has 0 saturated carbocycles.